The third kappa shape index (κ3) is 5.62. The molecule has 1 fully saturated rings. The second kappa shape index (κ2) is 8.80. The molecule has 2 rings (SSSR count). The molecule has 1 aliphatic heterocycles. The first-order valence-electron chi connectivity index (χ1n) is 8.57. The summed E-state index contributed by atoms with van der Waals surface area (Å²) in [5, 5.41) is 2.88. The Labute approximate surface area is 144 Å². The van der Waals surface area contributed by atoms with E-state index in [1.54, 1.807) is 0 Å². The first kappa shape index (κ1) is 18.4. The van der Waals surface area contributed by atoms with Crippen LogP contribution in [-0.2, 0) is 9.59 Å². The number of carbonyl (C=O) groups is 2. The number of anilines is 1. The highest BCUT2D eigenvalue weighted by Crippen LogP contribution is 2.09. The van der Waals surface area contributed by atoms with Crippen molar-refractivity contribution in [3.05, 3.63) is 30.3 Å². The highest BCUT2D eigenvalue weighted by Gasteiger charge is 2.26. The molecule has 1 saturated heterocycles. The lowest BCUT2D eigenvalue weighted by molar-refractivity contribution is -0.134. The molecule has 1 heterocycles. The molecule has 0 unspecified atom stereocenters. The largest absolute Gasteiger partial charge is 0.339 e. The first-order chi connectivity index (χ1) is 11.5. The molecule has 1 aliphatic rings. The summed E-state index contributed by atoms with van der Waals surface area (Å²) in [7, 11) is 0. The molecule has 6 nitrogen and oxygen atoms in total. The van der Waals surface area contributed by atoms with Crippen LogP contribution in [0.5, 0.6) is 0 Å². The molecule has 0 aliphatic carbocycles. The minimum Gasteiger partial charge on any atom is -0.339 e. The first-order valence-corrected chi connectivity index (χ1v) is 8.57. The second-order valence-corrected chi connectivity index (χ2v) is 6.75. The Bertz CT molecular complexity index is 539. The Morgan fingerprint density at radius 1 is 1.12 bits per heavy atom. The van der Waals surface area contributed by atoms with Gasteiger partial charge in [-0.05, 0) is 24.5 Å². The van der Waals surface area contributed by atoms with Crippen LogP contribution in [0.25, 0.3) is 0 Å². The third-order valence-corrected chi connectivity index (χ3v) is 4.15. The van der Waals surface area contributed by atoms with E-state index >= 15 is 0 Å². The van der Waals surface area contributed by atoms with Crippen LogP contribution < -0.4 is 11.1 Å². The number of hydrogen-bond donors (Lipinski definition) is 2. The summed E-state index contributed by atoms with van der Waals surface area (Å²) in [6, 6.07) is 9.00. The molecule has 132 valence electrons. The number of piperazine rings is 1. The minimum absolute atomic E-state index is 0.0251. The van der Waals surface area contributed by atoms with Gasteiger partial charge in [-0.25, -0.2) is 0 Å². The van der Waals surface area contributed by atoms with Gasteiger partial charge in [0.2, 0.25) is 11.8 Å². The normalized spacial score (nSPS) is 16.9. The second-order valence-electron chi connectivity index (χ2n) is 6.75. The molecule has 1 aromatic rings. The van der Waals surface area contributed by atoms with Crippen molar-refractivity contribution in [2.75, 3.05) is 38.0 Å². The van der Waals surface area contributed by atoms with Crippen LogP contribution in [-0.4, -0.2) is 60.4 Å². The Balaban J connectivity index is 1.74. The van der Waals surface area contributed by atoms with Crippen molar-refractivity contribution in [1.82, 2.24) is 9.80 Å². The van der Waals surface area contributed by atoms with Crippen LogP contribution in [0, 0.1) is 5.92 Å². The number of nitrogens with one attached hydrogen (secondary N) is 1. The fourth-order valence-corrected chi connectivity index (χ4v) is 2.89. The molecule has 1 aromatic carbocycles. The van der Waals surface area contributed by atoms with Gasteiger partial charge in [-0.15, -0.1) is 0 Å². The van der Waals surface area contributed by atoms with E-state index in [1.165, 1.54) is 0 Å². The lowest BCUT2D eigenvalue weighted by Gasteiger charge is -2.35. The highest BCUT2D eigenvalue weighted by molar-refractivity contribution is 5.92. The maximum absolute atomic E-state index is 12.3. The molecule has 6 heteroatoms. The van der Waals surface area contributed by atoms with E-state index in [0.717, 1.165) is 5.69 Å². The summed E-state index contributed by atoms with van der Waals surface area (Å²) >= 11 is 0. The van der Waals surface area contributed by atoms with E-state index in [2.05, 4.69) is 24.1 Å². The number of benzene rings is 1. The standard InChI is InChI=1S/C18H28N4O2/c1-14(2)12-16(19)18(24)22-10-8-21(9-11-22)13-17(23)20-15-6-4-3-5-7-15/h3-7,14,16H,8-13,19H2,1-2H3,(H,20,23)/t16-/m0/s1. The average molecular weight is 332 g/mol. The molecule has 0 aromatic heterocycles. The molecule has 0 saturated carbocycles. The molecular formula is C18H28N4O2. The van der Waals surface area contributed by atoms with Crippen LogP contribution in [0.15, 0.2) is 30.3 Å². The van der Waals surface area contributed by atoms with Gasteiger partial charge < -0.3 is 16.0 Å². The van der Waals surface area contributed by atoms with Crippen LogP contribution in [0.4, 0.5) is 5.69 Å². The van der Waals surface area contributed by atoms with Gasteiger partial charge in [-0.3, -0.25) is 14.5 Å². The molecule has 0 radical (unpaired) electrons. The van der Waals surface area contributed by atoms with Crippen molar-refractivity contribution in [3.63, 3.8) is 0 Å². The zero-order valence-corrected chi connectivity index (χ0v) is 14.6. The summed E-state index contributed by atoms with van der Waals surface area (Å²) < 4.78 is 0. The molecule has 1 atom stereocenters. The van der Waals surface area contributed by atoms with Crippen molar-refractivity contribution < 1.29 is 9.59 Å². The van der Waals surface area contributed by atoms with Gasteiger partial charge in [-0.1, -0.05) is 32.0 Å². The van der Waals surface area contributed by atoms with Crippen LogP contribution >= 0.6 is 0 Å². The van der Waals surface area contributed by atoms with E-state index in [9.17, 15) is 9.59 Å². The van der Waals surface area contributed by atoms with Crippen molar-refractivity contribution >= 4 is 17.5 Å². The van der Waals surface area contributed by atoms with E-state index in [1.807, 2.05) is 35.2 Å². The maximum Gasteiger partial charge on any atom is 0.239 e. The SMILES string of the molecule is CC(C)C[C@H](N)C(=O)N1CCN(CC(=O)Nc2ccccc2)CC1. The van der Waals surface area contributed by atoms with Crippen LogP contribution in [0.2, 0.25) is 0 Å². The van der Waals surface area contributed by atoms with Gasteiger partial charge in [0.25, 0.3) is 0 Å². The van der Waals surface area contributed by atoms with Gasteiger partial charge in [0.15, 0.2) is 0 Å². The van der Waals surface area contributed by atoms with Gasteiger partial charge in [-0.2, -0.15) is 0 Å². The number of para-hydroxylation sites is 1. The third-order valence-electron chi connectivity index (χ3n) is 4.15. The average Bonchev–Trinajstić information content (AvgIpc) is 2.55. The van der Waals surface area contributed by atoms with E-state index in [4.69, 9.17) is 5.73 Å². The molecule has 0 bridgehead atoms. The predicted octanol–water partition coefficient (Wildman–Crippen LogP) is 1.14. The van der Waals surface area contributed by atoms with Crippen molar-refractivity contribution in [2.24, 2.45) is 11.7 Å². The lowest BCUT2D eigenvalue weighted by atomic mass is 10.0. The Hall–Kier alpha value is -1.92. The van der Waals surface area contributed by atoms with Crippen LogP contribution in [0.1, 0.15) is 20.3 Å². The summed E-state index contributed by atoms with van der Waals surface area (Å²) in [5.74, 6) is 0.404. The summed E-state index contributed by atoms with van der Waals surface area (Å²) in [4.78, 5) is 28.3. The number of nitrogens with zero attached hydrogens (tertiary/aromatic N) is 2. The number of carbonyl (C=O) groups excluding carboxylic acids is 2. The summed E-state index contributed by atoms with van der Waals surface area (Å²) in [6.07, 6.45) is 0.707. The molecule has 0 spiro atoms. The van der Waals surface area contributed by atoms with Gasteiger partial charge in [0.1, 0.15) is 0 Å². The Morgan fingerprint density at radius 3 is 2.33 bits per heavy atom. The smallest absolute Gasteiger partial charge is 0.239 e. The van der Waals surface area contributed by atoms with Crippen LogP contribution in [0.3, 0.4) is 0 Å². The zero-order chi connectivity index (χ0) is 17.5. The monoisotopic (exact) mass is 332 g/mol. The minimum atomic E-state index is -0.419. The Kier molecular flexibility index (Phi) is 6.75. The molecule has 24 heavy (non-hydrogen) atoms. The van der Waals surface area contributed by atoms with Crippen molar-refractivity contribution in [2.45, 2.75) is 26.3 Å². The van der Waals surface area contributed by atoms with Crippen molar-refractivity contribution in [1.29, 1.82) is 0 Å². The van der Waals surface area contributed by atoms with E-state index < -0.39 is 6.04 Å². The molecule has 2 amide bonds. The number of hydrogen-bond acceptors (Lipinski definition) is 4. The van der Waals surface area contributed by atoms with Gasteiger partial charge >= 0.3 is 0 Å². The summed E-state index contributed by atoms with van der Waals surface area (Å²) in [6.45, 7) is 7.12. The van der Waals surface area contributed by atoms with Crippen molar-refractivity contribution in [3.8, 4) is 0 Å². The van der Waals surface area contributed by atoms with Gasteiger partial charge in [0, 0.05) is 31.9 Å². The molecule has 3 N–H and O–H groups in total. The zero-order valence-electron chi connectivity index (χ0n) is 14.6. The summed E-state index contributed by atoms with van der Waals surface area (Å²) in [5.41, 5.74) is 6.78. The van der Waals surface area contributed by atoms with Gasteiger partial charge in [0.05, 0.1) is 12.6 Å². The molecular weight excluding hydrogens is 304 g/mol. The Morgan fingerprint density at radius 2 is 1.75 bits per heavy atom. The predicted molar refractivity (Wildman–Crippen MR) is 95.5 cm³/mol. The van der Waals surface area contributed by atoms with E-state index in [-0.39, 0.29) is 11.8 Å². The number of nitrogens with two attached hydrogens (primary N) is 1. The quantitative estimate of drug-likeness (QED) is 0.819. The van der Waals surface area contributed by atoms with E-state index in [0.29, 0.717) is 45.1 Å². The number of rotatable bonds is 6. The fraction of sp³-hybridized carbons (Fsp3) is 0.556. The maximum atomic E-state index is 12.3. The topological polar surface area (TPSA) is 78.7 Å². The lowest BCUT2D eigenvalue weighted by Crippen LogP contribution is -2.54. The number of amides is 2. The fourth-order valence-electron chi connectivity index (χ4n) is 2.89. The highest BCUT2D eigenvalue weighted by atomic mass is 16.2.